The number of hydrogen-bond donors (Lipinski definition) is 0. The Balaban J connectivity index is 1.02. The first kappa shape index (κ1) is 40.2. The minimum Gasteiger partial charge on any atom is -0.309 e. The maximum absolute atomic E-state index is 3.12. The summed E-state index contributed by atoms with van der Waals surface area (Å²) in [7, 11) is -3.12. The molecule has 0 amide bonds. The summed E-state index contributed by atoms with van der Waals surface area (Å²) in [5, 5.41) is 15.6. The van der Waals surface area contributed by atoms with E-state index in [2.05, 4.69) is 275 Å². The molecule has 0 aliphatic carbocycles. The Morgan fingerprint density at radius 2 is 0.761 bits per heavy atom. The molecule has 5 heteroatoms. The number of aromatic nitrogens is 3. The highest BCUT2D eigenvalue weighted by Gasteiger charge is 2.43. The molecule has 0 aliphatic rings. The van der Waals surface area contributed by atoms with Crippen molar-refractivity contribution in [1.82, 2.24) is 13.7 Å². The summed E-state index contributed by atoms with van der Waals surface area (Å²) < 4.78 is 10.1. The third-order valence-corrected chi connectivity index (χ3v) is 21.1. The van der Waals surface area contributed by atoms with Crippen molar-refractivity contribution in [2.45, 2.75) is 0 Å². The third kappa shape index (κ3) is 5.76. The standard InChI is InChI=1S/C66H43N3SSi/c1-4-20-44(21-5-1)67-55-30-14-10-27-50(55)54-43-48(39-41-58(54)67)71(46-22-6-2-7-23-46,47-24-8-3-9-25-47)64-37-19-34-61-66(64)51-28-12-16-32-57(51)68(61)45-38-40-59-53(42-45)49-26-11-15-31-56(49)69(59)60-33-18-36-63-65(60)52-29-13-17-35-62(52)70-63/h1-43H. The molecule has 0 atom stereocenters. The Bertz CT molecular complexity index is 4540. The van der Waals surface area contributed by atoms with Crippen LogP contribution in [-0.4, -0.2) is 21.8 Å². The van der Waals surface area contributed by atoms with E-state index in [0.717, 1.165) is 11.4 Å². The van der Waals surface area contributed by atoms with Gasteiger partial charge in [0, 0.05) is 63.9 Å². The van der Waals surface area contributed by atoms with Gasteiger partial charge in [0.25, 0.3) is 0 Å². The molecule has 0 saturated heterocycles. The summed E-state index contributed by atoms with van der Waals surface area (Å²) in [5.41, 5.74) is 10.7. The lowest BCUT2D eigenvalue weighted by atomic mass is 10.1. The number of para-hydroxylation sites is 4. The molecule has 0 saturated carbocycles. The molecule has 0 bridgehead atoms. The zero-order valence-electron chi connectivity index (χ0n) is 38.6. The largest absolute Gasteiger partial charge is 0.309 e. The van der Waals surface area contributed by atoms with Crippen LogP contribution in [-0.2, 0) is 0 Å². The minimum atomic E-state index is -3.12. The molecule has 15 aromatic rings. The smallest absolute Gasteiger partial charge is 0.180 e. The van der Waals surface area contributed by atoms with Crippen molar-refractivity contribution in [3.8, 4) is 17.1 Å². The second-order valence-electron chi connectivity index (χ2n) is 18.8. The minimum absolute atomic E-state index is 1.14. The first-order valence-electron chi connectivity index (χ1n) is 24.4. The van der Waals surface area contributed by atoms with E-state index in [-0.39, 0.29) is 0 Å². The fourth-order valence-electron chi connectivity index (χ4n) is 12.3. The molecule has 4 heterocycles. The van der Waals surface area contributed by atoms with Gasteiger partial charge in [-0.1, -0.05) is 182 Å². The quantitative estimate of drug-likeness (QED) is 0.112. The topological polar surface area (TPSA) is 14.8 Å². The van der Waals surface area contributed by atoms with E-state index in [1.165, 1.54) is 112 Å². The number of fused-ring (bicyclic) bond motifs is 12. The Hall–Kier alpha value is -8.74. The maximum Gasteiger partial charge on any atom is 0.180 e. The van der Waals surface area contributed by atoms with Crippen LogP contribution in [0.5, 0.6) is 0 Å². The van der Waals surface area contributed by atoms with E-state index in [1.807, 2.05) is 11.3 Å². The van der Waals surface area contributed by atoms with Gasteiger partial charge in [-0.2, -0.15) is 0 Å². The van der Waals surface area contributed by atoms with Crippen LogP contribution in [0, 0.1) is 0 Å². The average molecular weight is 938 g/mol. The van der Waals surface area contributed by atoms with Crippen molar-refractivity contribution in [2.75, 3.05) is 0 Å². The monoisotopic (exact) mass is 937 g/mol. The van der Waals surface area contributed by atoms with Crippen LogP contribution in [0.3, 0.4) is 0 Å². The fourth-order valence-corrected chi connectivity index (χ4v) is 18.4. The predicted octanol–water partition coefficient (Wildman–Crippen LogP) is 14.7. The number of nitrogens with zero attached hydrogens (tertiary/aromatic N) is 3. The van der Waals surface area contributed by atoms with Crippen molar-refractivity contribution >= 4 is 126 Å². The molecule has 15 rings (SSSR count). The van der Waals surface area contributed by atoms with Crippen LogP contribution in [0.2, 0.25) is 0 Å². The fraction of sp³-hybridized carbons (Fsp3) is 0. The summed E-state index contributed by atoms with van der Waals surface area (Å²) >= 11 is 1.87. The van der Waals surface area contributed by atoms with E-state index in [1.54, 1.807) is 0 Å². The molecular weight excluding hydrogens is 895 g/mol. The molecule has 0 radical (unpaired) electrons. The Morgan fingerprint density at radius 1 is 0.268 bits per heavy atom. The van der Waals surface area contributed by atoms with Gasteiger partial charge in [0.2, 0.25) is 0 Å². The lowest BCUT2D eigenvalue weighted by Crippen LogP contribution is -2.74. The molecule has 0 fully saturated rings. The van der Waals surface area contributed by atoms with Gasteiger partial charge in [0.15, 0.2) is 8.07 Å². The van der Waals surface area contributed by atoms with Crippen LogP contribution < -0.4 is 20.7 Å². The highest BCUT2D eigenvalue weighted by molar-refractivity contribution is 7.26. The summed E-state index contributed by atoms with van der Waals surface area (Å²) in [6.45, 7) is 0. The summed E-state index contributed by atoms with van der Waals surface area (Å²) in [4.78, 5) is 0. The normalized spacial score (nSPS) is 12.2. The highest BCUT2D eigenvalue weighted by Crippen LogP contribution is 2.42. The zero-order chi connectivity index (χ0) is 46.6. The molecule has 0 aliphatic heterocycles. The van der Waals surface area contributed by atoms with Crippen LogP contribution in [0.4, 0.5) is 0 Å². The highest BCUT2D eigenvalue weighted by atomic mass is 32.1. The average Bonchev–Trinajstić information content (AvgIpc) is 4.19. The lowest BCUT2D eigenvalue weighted by molar-refractivity contribution is 1.17. The molecule has 332 valence electrons. The molecule has 3 nitrogen and oxygen atoms in total. The molecule has 0 N–H and O–H groups in total. The molecular formula is C66H43N3SSi. The first-order chi connectivity index (χ1) is 35.3. The van der Waals surface area contributed by atoms with E-state index in [4.69, 9.17) is 0 Å². The van der Waals surface area contributed by atoms with Gasteiger partial charge >= 0.3 is 0 Å². The van der Waals surface area contributed by atoms with Gasteiger partial charge in [0.05, 0.1) is 38.8 Å². The number of benzene rings is 11. The van der Waals surface area contributed by atoms with Crippen molar-refractivity contribution in [1.29, 1.82) is 0 Å². The van der Waals surface area contributed by atoms with Crippen LogP contribution >= 0.6 is 11.3 Å². The second-order valence-corrected chi connectivity index (χ2v) is 23.6. The predicted molar refractivity (Wildman–Crippen MR) is 306 cm³/mol. The molecule has 11 aromatic carbocycles. The second kappa shape index (κ2) is 15.6. The van der Waals surface area contributed by atoms with E-state index >= 15 is 0 Å². The molecule has 4 aromatic heterocycles. The van der Waals surface area contributed by atoms with Crippen molar-refractivity contribution in [3.63, 3.8) is 0 Å². The van der Waals surface area contributed by atoms with Gasteiger partial charge in [-0.25, -0.2) is 0 Å². The van der Waals surface area contributed by atoms with Gasteiger partial charge in [-0.3, -0.25) is 0 Å². The zero-order valence-corrected chi connectivity index (χ0v) is 40.4. The summed E-state index contributed by atoms with van der Waals surface area (Å²) in [5.74, 6) is 0. The van der Waals surface area contributed by atoms with Crippen molar-refractivity contribution < 1.29 is 0 Å². The first-order valence-corrected chi connectivity index (χ1v) is 27.2. The van der Waals surface area contributed by atoms with E-state index in [9.17, 15) is 0 Å². The SMILES string of the molecule is c1ccc(-n2c3ccccc3c3cc([Si](c4ccccc4)(c4ccccc4)c4cccc5c4c4ccccc4n5-c4ccc5c(c4)c4ccccc4n5-c4cccc5sc6ccccc6c45)ccc32)cc1. The third-order valence-electron chi connectivity index (χ3n) is 15.2. The van der Waals surface area contributed by atoms with Gasteiger partial charge in [0.1, 0.15) is 0 Å². The molecule has 71 heavy (non-hydrogen) atoms. The van der Waals surface area contributed by atoms with Gasteiger partial charge in [-0.15, -0.1) is 11.3 Å². The molecule has 0 spiro atoms. The van der Waals surface area contributed by atoms with Gasteiger partial charge in [-0.05, 0) is 99.6 Å². The molecule has 0 unspecified atom stereocenters. The number of thiophene rings is 1. The summed E-state index contributed by atoms with van der Waals surface area (Å²) in [6.07, 6.45) is 0. The van der Waals surface area contributed by atoms with Crippen molar-refractivity contribution in [2.24, 2.45) is 0 Å². The number of rotatable bonds is 7. The van der Waals surface area contributed by atoms with E-state index < -0.39 is 8.07 Å². The van der Waals surface area contributed by atoms with Crippen molar-refractivity contribution in [3.05, 3.63) is 261 Å². The van der Waals surface area contributed by atoms with Crippen LogP contribution in [0.1, 0.15) is 0 Å². The maximum atomic E-state index is 2.55. The number of hydrogen-bond acceptors (Lipinski definition) is 1. The van der Waals surface area contributed by atoms with E-state index in [0.29, 0.717) is 0 Å². The lowest BCUT2D eigenvalue weighted by Gasteiger charge is -2.35. The van der Waals surface area contributed by atoms with Gasteiger partial charge < -0.3 is 13.7 Å². The Morgan fingerprint density at radius 3 is 1.48 bits per heavy atom. The van der Waals surface area contributed by atoms with Crippen LogP contribution in [0.25, 0.3) is 103 Å². The Kier molecular flexibility index (Phi) is 8.85. The van der Waals surface area contributed by atoms with Crippen LogP contribution in [0.15, 0.2) is 261 Å². The Labute approximate surface area is 415 Å². The summed E-state index contributed by atoms with van der Waals surface area (Å²) in [6, 6.07) is 97.7.